The van der Waals surface area contributed by atoms with E-state index in [2.05, 4.69) is 15.3 Å². The van der Waals surface area contributed by atoms with Crippen molar-refractivity contribution in [2.24, 2.45) is 5.92 Å². The summed E-state index contributed by atoms with van der Waals surface area (Å²) in [6, 6.07) is 2.17. The highest BCUT2D eigenvalue weighted by Crippen LogP contribution is 2.30. The molecule has 0 spiro atoms. The predicted octanol–water partition coefficient (Wildman–Crippen LogP) is 1.43. The van der Waals surface area contributed by atoms with E-state index in [1.54, 1.807) is 10.9 Å². The zero-order valence-corrected chi connectivity index (χ0v) is 12.2. The molecule has 1 aromatic heterocycles. The molecule has 1 saturated heterocycles. The normalized spacial score (nSPS) is 21.6. The number of hydrogen-bond acceptors (Lipinski definition) is 3. The van der Waals surface area contributed by atoms with Gasteiger partial charge in [-0.05, 0) is 57.7 Å². The molecule has 1 unspecified atom stereocenters. The second-order valence-electron chi connectivity index (χ2n) is 6.08. The zero-order chi connectivity index (χ0) is 13.9. The highest BCUT2D eigenvalue weighted by atomic mass is 16.2. The third-order valence-corrected chi connectivity index (χ3v) is 4.46. The van der Waals surface area contributed by atoms with Gasteiger partial charge in [-0.2, -0.15) is 5.10 Å². The molecule has 1 amide bonds. The number of carbonyl (C=O) groups excluding carboxylic acids is 1. The number of rotatable bonds is 5. The first-order valence-electron chi connectivity index (χ1n) is 7.76. The van der Waals surface area contributed by atoms with Crippen LogP contribution in [0.1, 0.15) is 38.6 Å². The van der Waals surface area contributed by atoms with Crippen LogP contribution in [0.2, 0.25) is 0 Å². The van der Waals surface area contributed by atoms with Crippen molar-refractivity contribution in [2.75, 3.05) is 19.6 Å². The number of amides is 1. The van der Waals surface area contributed by atoms with E-state index in [1.807, 2.05) is 19.2 Å². The van der Waals surface area contributed by atoms with Gasteiger partial charge in [0.05, 0.1) is 0 Å². The SMILES string of the molecule is CC(C(=O)N(CC1CCNCC1)C1CC1)n1cccn1. The number of nitrogens with zero attached hydrogens (tertiary/aromatic N) is 3. The van der Waals surface area contributed by atoms with E-state index in [0.29, 0.717) is 12.0 Å². The van der Waals surface area contributed by atoms with Crippen LogP contribution < -0.4 is 5.32 Å². The van der Waals surface area contributed by atoms with Crippen molar-refractivity contribution in [1.82, 2.24) is 20.0 Å². The third-order valence-electron chi connectivity index (χ3n) is 4.46. The Kier molecular flexibility index (Phi) is 4.05. The maximum atomic E-state index is 12.7. The largest absolute Gasteiger partial charge is 0.338 e. The molecule has 5 heteroatoms. The molecule has 2 aliphatic rings. The Bertz CT molecular complexity index is 435. The summed E-state index contributed by atoms with van der Waals surface area (Å²) in [6.45, 7) is 5.06. The molecule has 2 fully saturated rings. The number of aromatic nitrogens is 2. The van der Waals surface area contributed by atoms with Crippen molar-refractivity contribution < 1.29 is 4.79 Å². The van der Waals surface area contributed by atoms with E-state index in [-0.39, 0.29) is 11.9 Å². The lowest BCUT2D eigenvalue weighted by atomic mass is 9.97. The lowest BCUT2D eigenvalue weighted by Gasteiger charge is -2.32. The number of carbonyl (C=O) groups is 1. The standard InChI is InChI=1S/C15H24N4O/c1-12(19-10-2-7-17-19)15(20)18(14-3-4-14)11-13-5-8-16-9-6-13/h2,7,10,12-14,16H,3-6,8-9,11H2,1H3. The zero-order valence-electron chi connectivity index (χ0n) is 12.2. The van der Waals surface area contributed by atoms with E-state index in [4.69, 9.17) is 0 Å². The van der Waals surface area contributed by atoms with Gasteiger partial charge in [-0.3, -0.25) is 9.48 Å². The van der Waals surface area contributed by atoms with Crippen LogP contribution in [0.25, 0.3) is 0 Å². The van der Waals surface area contributed by atoms with Gasteiger partial charge in [0.15, 0.2) is 0 Å². The van der Waals surface area contributed by atoms with Crippen LogP contribution in [0.3, 0.4) is 0 Å². The fourth-order valence-electron chi connectivity index (χ4n) is 3.01. The molecule has 5 nitrogen and oxygen atoms in total. The lowest BCUT2D eigenvalue weighted by Crippen LogP contribution is -2.43. The minimum atomic E-state index is -0.188. The van der Waals surface area contributed by atoms with Crippen LogP contribution in [-0.2, 0) is 4.79 Å². The third kappa shape index (κ3) is 3.03. The molecule has 20 heavy (non-hydrogen) atoms. The van der Waals surface area contributed by atoms with Gasteiger partial charge >= 0.3 is 0 Å². The Morgan fingerprint density at radius 1 is 1.40 bits per heavy atom. The molecule has 1 aliphatic heterocycles. The fraction of sp³-hybridized carbons (Fsp3) is 0.733. The highest BCUT2D eigenvalue weighted by molar-refractivity contribution is 5.80. The van der Waals surface area contributed by atoms with Crippen molar-refractivity contribution in [3.8, 4) is 0 Å². The van der Waals surface area contributed by atoms with E-state index in [9.17, 15) is 4.79 Å². The monoisotopic (exact) mass is 276 g/mol. The predicted molar refractivity (Wildman–Crippen MR) is 77.3 cm³/mol. The molecule has 1 atom stereocenters. The van der Waals surface area contributed by atoms with Gasteiger partial charge in [0.2, 0.25) is 5.91 Å². The Labute approximate surface area is 120 Å². The number of piperidine rings is 1. The second-order valence-corrected chi connectivity index (χ2v) is 6.08. The van der Waals surface area contributed by atoms with Crippen molar-refractivity contribution >= 4 is 5.91 Å². The Morgan fingerprint density at radius 3 is 2.75 bits per heavy atom. The van der Waals surface area contributed by atoms with Crippen molar-refractivity contribution in [2.45, 2.75) is 44.7 Å². The minimum Gasteiger partial charge on any atom is -0.338 e. The van der Waals surface area contributed by atoms with E-state index in [0.717, 1.165) is 19.6 Å². The molecule has 2 heterocycles. The maximum Gasteiger partial charge on any atom is 0.247 e. The Morgan fingerprint density at radius 2 is 2.15 bits per heavy atom. The molecule has 1 saturated carbocycles. The van der Waals surface area contributed by atoms with Gasteiger partial charge in [0.1, 0.15) is 6.04 Å². The average molecular weight is 276 g/mol. The minimum absolute atomic E-state index is 0.188. The maximum absolute atomic E-state index is 12.7. The Balaban J connectivity index is 1.65. The van der Waals surface area contributed by atoms with Crippen LogP contribution in [-0.4, -0.2) is 46.3 Å². The van der Waals surface area contributed by atoms with Gasteiger partial charge in [-0.25, -0.2) is 0 Å². The number of hydrogen-bond donors (Lipinski definition) is 1. The first-order valence-corrected chi connectivity index (χ1v) is 7.76. The summed E-state index contributed by atoms with van der Waals surface area (Å²) >= 11 is 0. The van der Waals surface area contributed by atoms with Crippen LogP contribution in [0.15, 0.2) is 18.5 Å². The first kappa shape index (κ1) is 13.6. The van der Waals surface area contributed by atoms with Crippen LogP contribution in [0.5, 0.6) is 0 Å². The quantitative estimate of drug-likeness (QED) is 0.885. The summed E-state index contributed by atoms with van der Waals surface area (Å²) in [4.78, 5) is 14.9. The number of nitrogens with one attached hydrogen (secondary N) is 1. The fourth-order valence-corrected chi connectivity index (χ4v) is 3.01. The molecular formula is C15H24N4O. The second kappa shape index (κ2) is 5.95. The summed E-state index contributed by atoms with van der Waals surface area (Å²) < 4.78 is 1.76. The topological polar surface area (TPSA) is 50.2 Å². The molecular weight excluding hydrogens is 252 g/mol. The summed E-state index contributed by atoms with van der Waals surface area (Å²) in [5.74, 6) is 0.889. The smallest absolute Gasteiger partial charge is 0.247 e. The molecule has 1 aliphatic carbocycles. The van der Waals surface area contributed by atoms with Gasteiger partial charge in [0, 0.05) is 25.0 Å². The van der Waals surface area contributed by atoms with Crippen LogP contribution in [0.4, 0.5) is 0 Å². The van der Waals surface area contributed by atoms with Crippen molar-refractivity contribution in [3.05, 3.63) is 18.5 Å². The van der Waals surface area contributed by atoms with Crippen LogP contribution >= 0.6 is 0 Å². The average Bonchev–Trinajstić information content (AvgIpc) is 3.18. The highest BCUT2D eigenvalue weighted by Gasteiger charge is 2.36. The van der Waals surface area contributed by atoms with Gasteiger partial charge in [-0.1, -0.05) is 0 Å². The molecule has 1 N–H and O–H groups in total. The van der Waals surface area contributed by atoms with Gasteiger partial charge in [0.25, 0.3) is 0 Å². The summed E-state index contributed by atoms with van der Waals surface area (Å²) in [5, 5.41) is 7.59. The first-order chi connectivity index (χ1) is 9.75. The van der Waals surface area contributed by atoms with Crippen LogP contribution in [0, 0.1) is 5.92 Å². The molecule has 0 bridgehead atoms. The van der Waals surface area contributed by atoms with Crippen molar-refractivity contribution in [3.63, 3.8) is 0 Å². The Hall–Kier alpha value is -1.36. The summed E-state index contributed by atoms with van der Waals surface area (Å²) in [7, 11) is 0. The molecule has 3 rings (SSSR count). The molecule has 0 aromatic carbocycles. The lowest BCUT2D eigenvalue weighted by molar-refractivity contribution is -0.136. The van der Waals surface area contributed by atoms with E-state index < -0.39 is 0 Å². The summed E-state index contributed by atoms with van der Waals surface area (Å²) in [6.07, 6.45) is 8.32. The van der Waals surface area contributed by atoms with E-state index in [1.165, 1.54) is 25.7 Å². The van der Waals surface area contributed by atoms with E-state index >= 15 is 0 Å². The van der Waals surface area contributed by atoms with Crippen molar-refractivity contribution in [1.29, 1.82) is 0 Å². The molecule has 1 aromatic rings. The molecule has 0 radical (unpaired) electrons. The van der Waals surface area contributed by atoms with Gasteiger partial charge < -0.3 is 10.2 Å². The van der Waals surface area contributed by atoms with Gasteiger partial charge in [-0.15, -0.1) is 0 Å². The molecule has 110 valence electrons. The summed E-state index contributed by atoms with van der Waals surface area (Å²) in [5.41, 5.74) is 0.